The molecule has 0 spiro atoms. The van der Waals surface area contributed by atoms with Crippen LogP contribution in [0.2, 0.25) is 0 Å². The summed E-state index contributed by atoms with van der Waals surface area (Å²) in [5.74, 6) is 0.354. The van der Waals surface area contributed by atoms with E-state index in [1.807, 2.05) is 13.1 Å². The summed E-state index contributed by atoms with van der Waals surface area (Å²) in [5, 5.41) is 3.35. The van der Waals surface area contributed by atoms with Crippen molar-refractivity contribution in [3.63, 3.8) is 0 Å². The van der Waals surface area contributed by atoms with Gasteiger partial charge < -0.3 is 10.2 Å². The van der Waals surface area contributed by atoms with Crippen molar-refractivity contribution in [3.05, 3.63) is 29.6 Å². The Kier molecular flexibility index (Phi) is 6.29. The summed E-state index contributed by atoms with van der Waals surface area (Å²) in [7, 11) is 1.98. The molecule has 1 aromatic carbocycles. The normalized spacial score (nSPS) is 12.8. The Morgan fingerprint density at radius 1 is 1.26 bits per heavy atom. The fourth-order valence-corrected chi connectivity index (χ4v) is 2.15. The van der Waals surface area contributed by atoms with Crippen molar-refractivity contribution in [2.75, 3.05) is 18.5 Å². The van der Waals surface area contributed by atoms with Crippen molar-refractivity contribution in [2.24, 2.45) is 5.92 Å². The molecule has 1 aromatic rings. The zero-order valence-corrected chi connectivity index (χ0v) is 12.8. The second-order valence-electron chi connectivity index (χ2n) is 5.52. The molecule has 0 aliphatic rings. The summed E-state index contributed by atoms with van der Waals surface area (Å²) in [6, 6.07) is 5.64. The molecule has 1 rings (SSSR count). The van der Waals surface area contributed by atoms with Crippen LogP contribution >= 0.6 is 0 Å². The molecular formula is C16H27FN2. The summed E-state index contributed by atoms with van der Waals surface area (Å²) in [6.45, 7) is 10.3. The van der Waals surface area contributed by atoms with Crippen molar-refractivity contribution in [3.8, 4) is 0 Å². The number of hydrogen-bond acceptors (Lipinski definition) is 2. The van der Waals surface area contributed by atoms with Gasteiger partial charge in [0.1, 0.15) is 5.82 Å². The van der Waals surface area contributed by atoms with Crippen molar-refractivity contribution in [2.45, 2.75) is 46.7 Å². The lowest BCUT2D eigenvalue weighted by Gasteiger charge is -2.32. The number of anilines is 1. The zero-order valence-electron chi connectivity index (χ0n) is 12.8. The van der Waals surface area contributed by atoms with Crippen LogP contribution in [0.4, 0.5) is 10.1 Å². The number of halogens is 1. The summed E-state index contributed by atoms with van der Waals surface area (Å²) < 4.78 is 14.2. The summed E-state index contributed by atoms with van der Waals surface area (Å²) in [5.41, 5.74) is 1.76. The molecule has 2 nitrogen and oxygen atoms in total. The average Bonchev–Trinajstić information content (AvgIpc) is 2.37. The fourth-order valence-electron chi connectivity index (χ4n) is 2.15. The largest absolute Gasteiger partial charge is 0.369 e. The fraction of sp³-hybridized carbons (Fsp3) is 0.625. The number of hydrogen-bond donors (Lipinski definition) is 1. The molecule has 19 heavy (non-hydrogen) atoms. The maximum Gasteiger partial charge on any atom is 0.146 e. The SMILES string of the molecule is CCCNCc1cccc(F)c1N(C)C(C)C(C)C. The van der Waals surface area contributed by atoms with E-state index in [0.717, 1.165) is 30.8 Å². The predicted molar refractivity (Wildman–Crippen MR) is 81.1 cm³/mol. The van der Waals surface area contributed by atoms with Crippen molar-refractivity contribution in [1.29, 1.82) is 0 Å². The number of benzene rings is 1. The van der Waals surface area contributed by atoms with Gasteiger partial charge in [0.15, 0.2) is 0 Å². The van der Waals surface area contributed by atoms with Gasteiger partial charge in [0.25, 0.3) is 0 Å². The lowest BCUT2D eigenvalue weighted by atomic mass is 10.0. The van der Waals surface area contributed by atoms with Crippen molar-refractivity contribution < 1.29 is 4.39 Å². The maximum atomic E-state index is 14.2. The Hall–Kier alpha value is -1.09. The van der Waals surface area contributed by atoms with E-state index in [1.165, 1.54) is 0 Å². The van der Waals surface area contributed by atoms with E-state index in [4.69, 9.17) is 0 Å². The third kappa shape index (κ3) is 4.20. The molecule has 0 heterocycles. The highest BCUT2D eigenvalue weighted by Gasteiger charge is 2.19. The second-order valence-corrected chi connectivity index (χ2v) is 5.52. The Morgan fingerprint density at radius 3 is 2.53 bits per heavy atom. The topological polar surface area (TPSA) is 15.3 Å². The van der Waals surface area contributed by atoms with Gasteiger partial charge in [0.2, 0.25) is 0 Å². The molecule has 1 unspecified atom stereocenters. The van der Waals surface area contributed by atoms with E-state index in [1.54, 1.807) is 12.1 Å². The number of nitrogens with zero attached hydrogens (tertiary/aromatic N) is 1. The molecule has 1 atom stereocenters. The molecule has 0 radical (unpaired) electrons. The first kappa shape index (κ1) is 16.0. The summed E-state index contributed by atoms with van der Waals surface area (Å²) in [4.78, 5) is 2.06. The van der Waals surface area contributed by atoms with Gasteiger partial charge in [-0.15, -0.1) is 0 Å². The minimum Gasteiger partial charge on any atom is -0.369 e. The van der Waals surface area contributed by atoms with Crippen LogP contribution in [0.25, 0.3) is 0 Å². The van der Waals surface area contributed by atoms with Gasteiger partial charge in [-0.2, -0.15) is 0 Å². The van der Waals surface area contributed by atoms with Crippen LogP contribution in [-0.2, 0) is 6.54 Å². The Labute approximate surface area is 117 Å². The maximum absolute atomic E-state index is 14.2. The van der Waals surface area contributed by atoms with E-state index >= 15 is 0 Å². The van der Waals surface area contributed by atoms with Gasteiger partial charge in [0, 0.05) is 19.6 Å². The molecule has 0 amide bonds. The van der Waals surface area contributed by atoms with Crippen LogP contribution in [0, 0.1) is 11.7 Å². The van der Waals surface area contributed by atoms with Gasteiger partial charge in [-0.1, -0.05) is 32.9 Å². The van der Waals surface area contributed by atoms with Crippen LogP contribution in [-0.4, -0.2) is 19.6 Å². The smallest absolute Gasteiger partial charge is 0.146 e. The Bertz CT molecular complexity index is 390. The first-order chi connectivity index (χ1) is 8.99. The molecule has 0 fully saturated rings. The highest BCUT2D eigenvalue weighted by molar-refractivity contribution is 5.55. The van der Waals surface area contributed by atoms with Crippen LogP contribution in [0.5, 0.6) is 0 Å². The van der Waals surface area contributed by atoms with E-state index < -0.39 is 0 Å². The van der Waals surface area contributed by atoms with E-state index in [2.05, 4.69) is 37.9 Å². The first-order valence-corrected chi connectivity index (χ1v) is 7.20. The molecule has 1 N–H and O–H groups in total. The van der Waals surface area contributed by atoms with E-state index in [9.17, 15) is 4.39 Å². The summed E-state index contributed by atoms with van der Waals surface area (Å²) in [6.07, 6.45) is 1.09. The number of para-hydroxylation sites is 1. The van der Waals surface area contributed by atoms with Gasteiger partial charge >= 0.3 is 0 Å². The molecule has 0 saturated carbocycles. The minimum atomic E-state index is -0.134. The zero-order chi connectivity index (χ0) is 14.4. The Morgan fingerprint density at radius 2 is 1.95 bits per heavy atom. The van der Waals surface area contributed by atoms with Crippen LogP contribution in [0.3, 0.4) is 0 Å². The minimum absolute atomic E-state index is 0.134. The van der Waals surface area contributed by atoms with Crippen molar-refractivity contribution >= 4 is 5.69 Å². The lowest BCUT2D eigenvalue weighted by molar-refractivity contribution is 0.495. The van der Waals surface area contributed by atoms with E-state index in [0.29, 0.717) is 12.0 Å². The lowest BCUT2D eigenvalue weighted by Crippen LogP contribution is -2.35. The molecular weight excluding hydrogens is 239 g/mol. The highest BCUT2D eigenvalue weighted by atomic mass is 19.1. The Balaban J connectivity index is 2.96. The molecule has 108 valence electrons. The molecule has 0 bridgehead atoms. The van der Waals surface area contributed by atoms with Gasteiger partial charge in [-0.25, -0.2) is 4.39 Å². The van der Waals surface area contributed by atoms with Gasteiger partial charge in [-0.05, 0) is 37.4 Å². The van der Waals surface area contributed by atoms with E-state index in [-0.39, 0.29) is 5.82 Å². The van der Waals surface area contributed by atoms with Gasteiger partial charge in [-0.3, -0.25) is 0 Å². The third-order valence-electron chi connectivity index (χ3n) is 3.74. The second kappa shape index (κ2) is 7.49. The van der Waals surface area contributed by atoms with Crippen LogP contribution < -0.4 is 10.2 Å². The van der Waals surface area contributed by atoms with Gasteiger partial charge in [0.05, 0.1) is 5.69 Å². The predicted octanol–water partition coefficient (Wildman–Crippen LogP) is 3.81. The van der Waals surface area contributed by atoms with Crippen LogP contribution in [0.1, 0.15) is 39.7 Å². The molecule has 0 aromatic heterocycles. The number of nitrogens with one attached hydrogen (secondary N) is 1. The third-order valence-corrected chi connectivity index (χ3v) is 3.74. The molecule has 3 heteroatoms. The molecule has 0 aliphatic carbocycles. The standard InChI is InChI=1S/C16H27FN2/c1-6-10-18-11-14-8-7-9-15(17)16(14)19(5)13(4)12(2)3/h7-9,12-13,18H,6,10-11H2,1-5H3. The highest BCUT2D eigenvalue weighted by Crippen LogP contribution is 2.27. The monoisotopic (exact) mass is 266 g/mol. The quantitative estimate of drug-likeness (QED) is 0.755. The first-order valence-electron chi connectivity index (χ1n) is 7.20. The average molecular weight is 266 g/mol. The van der Waals surface area contributed by atoms with Crippen LogP contribution in [0.15, 0.2) is 18.2 Å². The molecule has 0 aliphatic heterocycles. The number of rotatable bonds is 7. The summed E-state index contributed by atoms with van der Waals surface area (Å²) >= 11 is 0. The molecule has 0 saturated heterocycles. The van der Waals surface area contributed by atoms with Crippen molar-refractivity contribution in [1.82, 2.24) is 5.32 Å².